The van der Waals surface area contributed by atoms with Crippen molar-refractivity contribution in [3.63, 3.8) is 0 Å². The number of benzene rings is 2. The molecule has 0 amide bonds. The van der Waals surface area contributed by atoms with Crippen LogP contribution in [0.15, 0.2) is 72.9 Å². The predicted molar refractivity (Wildman–Crippen MR) is 139 cm³/mol. The highest BCUT2D eigenvalue weighted by Crippen LogP contribution is 2.44. The van der Waals surface area contributed by atoms with E-state index in [1.165, 1.54) is 6.07 Å². The van der Waals surface area contributed by atoms with Gasteiger partial charge in [-0.2, -0.15) is 0 Å². The first kappa shape index (κ1) is 22.6. The highest BCUT2D eigenvalue weighted by atomic mass is 35.5. The maximum absolute atomic E-state index is 14.1. The summed E-state index contributed by atoms with van der Waals surface area (Å²) in [5.41, 5.74) is 6.59. The van der Waals surface area contributed by atoms with Crippen LogP contribution in [0.5, 0.6) is 0 Å². The summed E-state index contributed by atoms with van der Waals surface area (Å²) in [4.78, 5) is 6.70. The molecule has 172 valence electrons. The van der Waals surface area contributed by atoms with Gasteiger partial charge in [-0.25, -0.2) is 4.39 Å². The number of aryl methyl sites for hydroxylation is 2. The highest BCUT2D eigenvalue weighted by Gasteiger charge is 2.42. The fourth-order valence-electron chi connectivity index (χ4n) is 4.83. The lowest BCUT2D eigenvalue weighted by atomic mass is 9.96. The first-order chi connectivity index (χ1) is 16.3. The van der Waals surface area contributed by atoms with Gasteiger partial charge in [0.2, 0.25) is 0 Å². The van der Waals surface area contributed by atoms with Crippen LogP contribution in [0, 0.1) is 26.6 Å². The number of rotatable bonds is 4. The first-order valence-electron chi connectivity index (χ1n) is 11.1. The number of aromatic nitrogens is 2. The molecule has 1 saturated heterocycles. The van der Waals surface area contributed by atoms with Gasteiger partial charge in [-0.3, -0.25) is 4.98 Å². The molecule has 34 heavy (non-hydrogen) atoms. The lowest BCUT2D eigenvalue weighted by molar-refractivity contribution is 0.564. The normalized spacial score (nSPS) is 17.8. The third kappa shape index (κ3) is 3.87. The Balaban J connectivity index is 1.69. The number of thiocarbonyl (C=S) groups is 1. The number of anilines is 1. The molecule has 2 atom stereocenters. The maximum atomic E-state index is 14.1. The van der Waals surface area contributed by atoms with Gasteiger partial charge in [0.1, 0.15) is 5.82 Å². The smallest absolute Gasteiger partial charge is 0.174 e. The quantitative estimate of drug-likeness (QED) is 0.320. The molecule has 0 unspecified atom stereocenters. The number of nitrogens with one attached hydrogen (secondary N) is 1. The van der Waals surface area contributed by atoms with Gasteiger partial charge in [0, 0.05) is 34.0 Å². The van der Waals surface area contributed by atoms with Crippen molar-refractivity contribution in [1.82, 2.24) is 14.9 Å². The second kappa shape index (κ2) is 8.85. The van der Waals surface area contributed by atoms with Gasteiger partial charge < -0.3 is 14.8 Å². The van der Waals surface area contributed by atoms with Crippen molar-refractivity contribution in [1.29, 1.82) is 0 Å². The van der Waals surface area contributed by atoms with Crippen molar-refractivity contribution >= 4 is 34.6 Å². The van der Waals surface area contributed by atoms with Gasteiger partial charge >= 0.3 is 0 Å². The molecular weight excluding hydrogens is 467 g/mol. The Kier molecular flexibility index (Phi) is 5.88. The predicted octanol–water partition coefficient (Wildman–Crippen LogP) is 6.77. The minimum Gasteiger partial charge on any atom is -0.351 e. The Labute approximate surface area is 209 Å². The number of hydrogen-bond donors (Lipinski definition) is 1. The van der Waals surface area contributed by atoms with Crippen molar-refractivity contribution < 1.29 is 4.39 Å². The maximum Gasteiger partial charge on any atom is 0.174 e. The van der Waals surface area contributed by atoms with E-state index in [2.05, 4.69) is 39.7 Å². The molecule has 2 aromatic heterocycles. The van der Waals surface area contributed by atoms with E-state index in [0.717, 1.165) is 34.0 Å². The molecule has 1 fully saturated rings. The van der Waals surface area contributed by atoms with Crippen molar-refractivity contribution in [2.45, 2.75) is 32.9 Å². The van der Waals surface area contributed by atoms with Crippen LogP contribution >= 0.6 is 23.8 Å². The van der Waals surface area contributed by atoms with Crippen LogP contribution in [0.3, 0.4) is 0 Å². The lowest BCUT2D eigenvalue weighted by Crippen LogP contribution is -2.29. The second-order valence-corrected chi connectivity index (χ2v) is 9.39. The molecule has 0 saturated carbocycles. The van der Waals surface area contributed by atoms with Gasteiger partial charge in [-0.05, 0) is 98.7 Å². The van der Waals surface area contributed by atoms with Crippen molar-refractivity contribution in [2.24, 2.45) is 0 Å². The zero-order valence-electron chi connectivity index (χ0n) is 19.1. The second-order valence-electron chi connectivity index (χ2n) is 8.57. The summed E-state index contributed by atoms with van der Waals surface area (Å²) in [6.45, 7) is 5.95. The summed E-state index contributed by atoms with van der Waals surface area (Å²) in [5.74, 6) is -0.237. The monoisotopic (exact) mass is 490 g/mol. The van der Waals surface area contributed by atoms with Crippen molar-refractivity contribution in [2.75, 3.05) is 4.90 Å². The Morgan fingerprint density at radius 1 is 0.971 bits per heavy atom. The van der Waals surface area contributed by atoms with Crippen LogP contribution in [0.25, 0.3) is 5.69 Å². The average Bonchev–Trinajstić information content (AvgIpc) is 3.31. The molecule has 3 heterocycles. The van der Waals surface area contributed by atoms with E-state index >= 15 is 0 Å². The van der Waals surface area contributed by atoms with Crippen LogP contribution in [0.4, 0.5) is 10.1 Å². The molecule has 0 radical (unpaired) electrons. The molecule has 4 nitrogen and oxygen atoms in total. The zero-order valence-corrected chi connectivity index (χ0v) is 20.7. The first-order valence-corrected chi connectivity index (χ1v) is 11.9. The fraction of sp³-hybridized carbons (Fsp3) is 0.185. The highest BCUT2D eigenvalue weighted by molar-refractivity contribution is 7.80. The topological polar surface area (TPSA) is 33.1 Å². The van der Waals surface area contributed by atoms with Gasteiger partial charge in [0.15, 0.2) is 5.11 Å². The zero-order chi connectivity index (χ0) is 24.0. The minimum atomic E-state index is -0.237. The van der Waals surface area contributed by atoms with Gasteiger partial charge in [0.05, 0.1) is 17.8 Å². The Bertz CT molecular complexity index is 1380. The summed E-state index contributed by atoms with van der Waals surface area (Å²) < 4.78 is 16.3. The van der Waals surface area contributed by atoms with E-state index < -0.39 is 0 Å². The van der Waals surface area contributed by atoms with E-state index in [-0.39, 0.29) is 17.9 Å². The Morgan fingerprint density at radius 2 is 1.79 bits per heavy atom. The molecule has 4 aromatic rings. The third-order valence-electron chi connectivity index (χ3n) is 6.37. The molecule has 1 N–H and O–H groups in total. The Hall–Kier alpha value is -3.22. The van der Waals surface area contributed by atoms with Crippen LogP contribution < -0.4 is 10.2 Å². The SMILES string of the molecule is Cc1cc(N2C(=S)N[C@@H](c3ccccn3)[C@@H]2c2cc(C)n(-c3cccc(Cl)c3)c2C)ccc1F. The number of hydrogen-bond acceptors (Lipinski definition) is 2. The van der Waals surface area contributed by atoms with E-state index in [1.54, 1.807) is 19.2 Å². The fourth-order valence-corrected chi connectivity index (χ4v) is 5.36. The van der Waals surface area contributed by atoms with Crippen LogP contribution in [0.2, 0.25) is 5.02 Å². The minimum absolute atomic E-state index is 0.174. The average molecular weight is 491 g/mol. The van der Waals surface area contributed by atoms with Crippen molar-refractivity contribution in [3.8, 4) is 5.69 Å². The molecule has 7 heteroatoms. The van der Waals surface area contributed by atoms with E-state index in [1.807, 2.05) is 48.5 Å². The standard InChI is InChI=1S/C27H24ClFN4S/c1-16-13-21(10-11-23(16)29)33-26(25(31-27(33)34)24-9-4-5-12-30-24)22-14-17(2)32(18(22)3)20-8-6-7-19(28)15-20/h4-15,25-26H,1-3H3,(H,31,34)/t25-,26-/m0/s1. The molecule has 1 aliphatic heterocycles. The molecule has 0 aliphatic carbocycles. The summed E-state index contributed by atoms with van der Waals surface area (Å²) in [6.07, 6.45) is 1.79. The number of nitrogens with zero attached hydrogens (tertiary/aromatic N) is 3. The molecule has 5 rings (SSSR count). The van der Waals surface area contributed by atoms with E-state index in [0.29, 0.717) is 15.7 Å². The van der Waals surface area contributed by atoms with Crippen LogP contribution in [-0.4, -0.2) is 14.7 Å². The molecule has 0 bridgehead atoms. The summed E-state index contributed by atoms with van der Waals surface area (Å²) in [7, 11) is 0. The molecular formula is C27H24ClFN4S. The van der Waals surface area contributed by atoms with E-state index in [4.69, 9.17) is 23.8 Å². The molecule has 2 aromatic carbocycles. The third-order valence-corrected chi connectivity index (χ3v) is 6.92. The van der Waals surface area contributed by atoms with E-state index in [9.17, 15) is 4.39 Å². The molecule has 1 aliphatic rings. The van der Waals surface area contributed by atoms with Crippen LogP contribution in [0.1, 0.15) is 40.3 Å². The Morgan fingerprint density at radius 3 is 2.50 bits per heavy atom. The number of halogens is 2. The summed E-state index contributed by atoms with van der Waals surface area (Å²) in [5, 5.41) is 4.74. The largest absolute Gasteiger partial charge is 0.351 e. The lowest BCUT2D eigenvalue weighted by Gasteiger charge is -2.28. The van der Waals surface area contributed by atoms with Crippen molar-refractivity contribution in [3.05, 3.63) is 112 Å². The van der Waals surface area contributed by atoms with Crippen LogP contribution in [-0.2, 0) is 0 Å². The van der Waals surface area contributed by atoms with Gasteiger partial charge in [-0.1, -0.05) is 23.7 Å². The summed E-state index contributed by atoms with van der Waals surface area (Å²) >= 11 is 12.1. The summed E-state index contributed by atoms with van der Waals surface area (Å²) in [6, 6.07) is 20.7. The number of pyridine rings is 1. The molecule has 0 spiro atoms. The van der Waals surface area contributed by atoms with Gasteiger partial charge in [-0.15, -0.1) is 0 Å². The van der Waals surface area contributed by atoms with Gasteiger partial charge in [0.25, 0.3) is 0 Å².